The van der Waals surface area contributed by atoms with E-state index in [1.165, 1.54) is 13.2 Å². The van der Waals surface area contributed by atoms with Crippen molar-refractivity contribution in [3.8, 4) is 5.75 Å². The predicted octanol–water partition coefficient (Wildman–Crippen LogP) is 4.21. The Morgan fingerprint density at radius 1 is 1.00 bits per heavy atom. The molecule has 0 aromatic heterocycles. The van der Waals surface area contributed by atoms with Crippen LogP contribution in [0.4, 0.5) is 26.3 Å². The van der Waals surface area contributed by atoms with E-state index >= 15 is 0 Å². The van der Waals surface area contributed by atoms with Gasteiger partial charge in [0.05, 0.1) is 12.7 Å². The van der Waals surface area contributed by atoms with E-state index in [2.05, 4.69) is 0 Å². The standard InChI is InChI=1S/C16H12F6O3/c1-9-8-10(6-7-12(9)25-2)4-3-5-11(13(23)15(17,18)19)14(24)16(20,21)22/h3-8H,1-2H3/b4-3+. The summed E-state index contributed by atoms with van der Waals surface area (Å²) < 4.78 is 79.3. The van der Waals surface area contributed by atoms with Gasteiger partial charge in [-0.05, 0) is 36.3 Å². The van der Waals surface area contributed by atoms with E-state index in [-0.39, 0.29) is 6.08 Å². The Bertz CT molecular complexity index is 698. The highest BCUT2D eigenvalue weighted by atomic mass is 19.4. The van der Waals surface area contributed by atoms with Crippen molar-refractivity contribution in [1.82, 2.24) is 0 Å². The summed E-state index contributed by atoms with van der Waals surface area (Å²) in [6.45, 7) is 1.68. The van der Waals surface area contributed by atoms with Crippen molar-refractivity contribution in [3.63, 3.8) is 0 Å². The predicted molar refractivity (Wildman–Crippen MR) is 77.0 cm³/mol. The number of methoxy groups -OCH3 is 1. The molecule has 1 aromatic rings. The zero-order chi connectivity index (χ0) is 19.4. The number of alkyl halides is 6. The Morgan fingerprint density at radius 3 is 1.92 bits per heavy atom. The van der Waals surface area contributed by atoms with Crippen LogP contribution < -0.4 is 4.74 Å². The van der Waals surface area contributed by atoms with Crippen LogP contribution in [0.5, 0.6) is 5.75 Å². The molecule has 136 valence electrons. The van der Waals surface area contributed by atoms with Crippen LogP contribution in [0.3, 0.4) is 0 Å². The first kappa shape index (κ1) is 20.5. The molecule has 0 spiro atoms. The fraction of sp³-hybridized carbons (Fsp3) is 0.250. The van der Waals surface area contributed by atoms with Crippen molar-refractivity contribution in [3.05, 3.63) is 47.1 Å². The van der Waals surface area contributed by atoms with Gasteiger partial charge in [-0.2, -0.15) is 26.3 Å². The van der Waals surface area contributed by atoms with Crippen LogP contribution in [-0.4, -0.2) is 31.0 Å². The normalized spacial score (nSPS) is 12.2. The lowest BCUT2D eigenvalue weighted by Gasteiger charge is -2.10. The monoisotopic (exact) mass is 366 g/mol. The summed E-state index contributed by atoms with van der Waals surface area (Å²) in [4.78, 5) is 22.1. The smallest absolute Gasteiger partial charge is 0.455 e. The number of aryl methyl sites for hydroxylation is 1. The maximum Gasteiger partial charge on any atom is 0.455 e. The number of hydrogen-bond donors (Lipinski definition) is 0. The lowest BCUT2D eigenvalue weighted by Crippen LogP contribution is -2.34. The average Bonchev–Trinajstić information content (AvgIpc) is 2.48. The van der Waals surface area contributed by atoms with Gasteiger partial charge in [-0.3, -0.25) is 9.59 Å². The number of carbonyl (C=O) groups excluding carboxylic acids is 2. The molecule has 0 aliphatic heterocycles. The second-order valence-electron chi connectivity index (χ2n) is 4.82. The van der Waals surface area contributed by atoms with Crippen molar-refractivity contribution in [2.24, 2.45) is 0 Å². The Hall–Kier alpha value is -2.58. The van der Waals surface area contributed by atoms with Crippen LogP contribution in [0.25, 0.3) is 6.08 Å². The molecule has 0 N–H and O–H groups in total. The molecule has 0 amide bonds. The highest BCUT2D eigenvalue weighted by Gasteiger charge is 2.49. The lowest BCUT2D eigenvalue weighted by molar-refractivity contribution is -0.175. The van der Waals surface area contributed by atoms with Gasteiger partial charge in [0, 0.05) is 0 Å². The molecule has 25 heavy (non-hydrogen) atoms. The zero-order valence-corrected chi connectivity index (χ0v) is 13.0. The van der Waals surface area contributed by atoms with Gasteiger partial charge in [-0.1, -0.05) is 18.2 Å². The van der Waals surface area contributed by atoms with Crippen molar-refractivity contribution >= 4 is 17.6 Å². The maximum atomic E-state index is 12.4. The first-order chi connectivity index (χ1) is 11.4. The number of halogens is 6. The molecule has 1 aromatic carbocycles. The molecule has 0 aliphatic rings. The van der Waals surface area contributed by atoms with Crippen molar-refractivity contribution in [1.29, 1.82) is 0 Å². The summed E-state index contributed by atoms with van der Waals surface area (Å²) in [5.74, 6) is -5.18. The second-order valence-corrected chi connectivity index (χ2v) is 4.82. The minimum atomic E-state index is -5.60. The van der Waals surface area contributed by atoms with E-state index < -0.39 is 29.5 Å². The van der Waals surface area contributed by atoms with Gasteiger partial charge in [0.25, 0.3) is 11.6 Å². The van der Waals surface area contributed by atoms with E-state index in [0.717, 1.165) is 12.2 Å². The SMILES string of the molecule is COc1ccc(/C=C/C=C(C(=O)C(F)(F)F)C(=O)C(F)(F)F)cc1C. The van der Waals surface area contributed by atoms with Crippen molar-refractivity contribution in [2.75, 3.05) is 7.11 Å². The van der Waals surface area contributed by atoms with Crippen molar-refractivity contribution < 1.29 is 40.7 Å². The van der Waals surface area contributed by atoms with Crippen LogP contribution in [0.15, 0.2) is 35.9 Å². The Morgan fingerprint density at radius 2 is 1.52 bits per heavy atom. The lowest BCUT2D eigenvalue weighted by atomic mass is 10.0. The van der Waals surface area contributed by atoms with E-state index in [1.807, 2.05) is 0 Å². The quantitative estimate of drug-likeness (QED) is 0.258. The number of benzene rings is 1. The molecule has 3 nitrogen and oxygen atoms in total. The van der Waals surface area contributed by atoms with Gasteiger partial charge in [-0.25, -0.2) is 0 Å². The fourth-order valence-corrected chi connectivity index (χ4v) is 1.82. The van der Waals surface area contributed by atoms with E-state index in [0.29, 0.717) is 16.9 Å². The summed E-state index contributed by atoms with van der Waals surface area (Å²) in [5, 5.41) is 0. The van der Waals surface area contributed by atoms with Gasteiger partial charge in [-0.15, -0.1) is 0 Å². The molecular weight excluding hydrogens is 354 g/mol. The number of ketones is 2. The molecule has 0 fully saturated rings. The largest absolute Gasteiger partial charge is 0.496 e. The maximum absolute atomic E-state index is 12.4. The number of allylic oxidation sites excluding steroid dienone is 3. The third-order valence-corrected chi connectivity index (χ3v) is 2.97. The summed E-state index contributed by atoms with van der Waals surface area (Å²) in [5.41, 5.74) is -0.902. The Balaban J connectivity index is 3.21. The second kappa shape index (κ2) is 7.54. The Kier molecular flexibility index (Phi) is 6.17. The minimum Gasteiger partial charge on any atom is -0.496 e. The Labute approximate surface area is 138 Å². The van der Waals surface area contributed by atoms with Crippen LogP contribution in [0, 0.1) is 6.92 Å². The topological polar surface area (TPSA) is 43.4 Å². The summed E-state index contributed by atoms with van der Waals surface area (Å²) in [7, 11) is 1.43. The molecule has 1 rings (SSSR count). The molecule has 0 atom stereocenters. The third-order valence-electron chi connectivity index (χ3n) is 2.97. The zero-order valence-electron chi connectivity index (χ0n) is 13.0. The molecule has 0 bridgehead atoms. The first-order valence-corrected chi connectivity index (χ1v) is 6.64. The fourth-order valence-electron chi connectivity index (χ4n) is 1.82. The number of carbonyl (C=O) groups is 2. The van der Waals surface area contributed by atoms with Crippen LogP contribution in [-0.2, 0) is 9.59 Å². The highest BCUT2D eigenvalue weighted by molar-refractivity contribution is 6.23. The molecular formula is C16H12F6O3. The number of ether oxygens (including phenoxy) is 1. The number of hydrogen-bond acceptors (Lipinski definition) is 3. The van der Waals surface area contributed by atoms with Gasteiger partial charge in [0.15, 0.2) is 0 Å². The van der Waals surface area contributed by atoms with Gasteiger partial charge < -0.3 is 4.74 Å². The molecule has 0 heterocycles. The van der Waals surface area contributed by atoms with Crippen LogP contribution >= 0.6 is 0 Å². The minimum absolute atomic E-state index is 0.200. The summed E-state index contributed by atoms with van der Waals surface area (Å²) in [6, 6.07) is 4.59. The van der Waals surface area contributed by atoms with Gasteiger partial charge >= 0.3 is 12.4 Å². The molecule has 0 unspecified atom stereocenters. The van der Waals surface area contributed by atoms with Crippen molar-refractivity contribution in [2.45, 2.75) is 19.3 Å². The molecule has 0 radical (unpaired) electrons. The van der Waals surface area contributed by atoms with E-state index in [4.69, 9.17) is 4.74 Å². The summed E-state index contributed by atoms with van der Waals surface area (Å²) >= 11 is 0. The van der Waals surface area contributed by atoms with E-state index in [9.17, 15) is 35.9 Å². The third kappa shape index (κ3) is 5.47. The van der Waals surface area contributed by atoms with Crippen LogP contribution in [0.2, 0.25) is 0 Å². The average molecular weight is 366 g/mol. The number of Topliss-reactive ketones (excluding diaryl/α,β-unsaturated/α-hetero) is 2. The van der Waals surface area contributed by atoms with Gasteiger partial charge in [0.1, 0.15) is 5.75 Å². The molecule has 9 heteroatoms. The highest BCUT2D eigenvalue weighted by Crippen LogP contribution is 2.27. The molecule has 0 saturated heterocycles. The first-order valence-electron chi connectivity index (χ1n) is 6.64. The van der Waals surface area contributed by atoms with E-state index in [1.54, 1.807) is 19.1 Å². The number of rotatable bonds is 5. The molecule has 0 saturated carbocycles. The molecule has 0 aliphatic carbocycles. The van der Waals surface area contributed by atoms with Gasteiger partial charge in [0.2, 0.25) is 0 Å². The van der Waals surface area contributed by atoms with Crippen LogP contribution in [0.1, 0.15) is 11.1 Å². The summed E-state index contributed by atoms with van der Waals surface area (Å²) in [6.07, 6.45) is -9.08.